The van der Waals surface area contributed by atoms with Gasteiger partial charge in [-0.05, 0) is 6.92 Å². The molecule has 1 atom stereocenters. The van der Waals surface area contributed by atoms with E-state index in [0.717, 1.165) is 0 Å². The minimum absolute atomic E-state index is 0.0811. The van der Waals surface area contributed by atoms with E-state index < -0.39 is 0 Å². The second-order valence-corrected chi connectivity index (χ2v) is 2.23. The summed E-state index contributed by atoms with van der Waals surface area (Å²) in [5, 5.41) is 8.59. The molecule has 1 aliphatic rings. The Hall–Kier alpha value is -0.770. The van der Waals surface area contributed by atoms with Gasteiger partial charge in [0, 0.05) is 6.54 Å². The summed E-state index contributed by atoms with van der Waals surface area (Å²) in [6.07, 6.45) is -0.631. The van der Waals surface area contributed by atoms with Gasteiger partial charge in [-0.3, -0.25) is 0 Å². The first-order valence-electron chi connectivity index (χ1n) is 3.34. The van der Waals surface area contributed by atoms with Gasteiger partial charge in [0.2, 0.25) is 0 Å². The zero-order chi connectivity index (χ0) is 7.56. The van der Waals surface area contributed by atoms with E-state index in [1.165, 1.54) is 0 Å². The molecule has 1 fully saturated rings. The fourth-order valence-corrected chi connectivity index (χ4v) is 0.928. The van der Waals surface area contributed by atoms with E-state index in [1.54, 1.807) is 4.90 Å². The summed E-state index contributed by atoms with van der Waals surface area (Å²) in [6, 6.07) is 0. The Morgan fingerprint density at radius 2 is 2.60 bits per heavy atom. The molecule has 0 radical (unpaired) electrons. The molecule has 1 saturated heterocycles. The average Bonchev–Trinajstić information content (AvgIpc) is 2.30. The van der Waals surface area contributed by atoms with E-state index in [-0.39, 0.29) is 18.8 Å². The molecule has 10 heavy (non-hydrogen) atoms. The molecule has 4 nitrogen and oxygen atoms in total. The molecule has 4 heteroatoms. The summed E-state index contributed by atoms with van der Waals surface area (Å²) in [4.78, 5) is 12.3. The van der Waals surface area contributed by atoms with Crippen molar-refractivity contribution in [2.75, 3.05) is 19.7 Å². The van der Waals surface area contributed by atoms with E-state index in [1.807, 2.05) is 6.92 Å². The van der Waals surface area contributed by atoms with Crippen molar-refractivity contribution in [3.8, 4) is 0 Å². The van der Waals surface area contributed by atoms with Gasteiger partial charge in [0.25, 0.3) is 0 Å². The van der Waals surface area contributed by atoms with Crippen molar-refractivity contribution in [1.82, 2.24) is 4.90 Å². The molecular formula is C6H11NO3. The molecule has 58 valence electrons. The first kappa shape index (κ1) is 7.34. The van der Waals surface area contributed by atoms with Gasteiger partial charge < -0.3 is 14.7 Å². The maximum atomic E-state index is 10.8. The Kier molecular flexibility index (Phi) is 2.11. The fourth-order valence-electron chi connectivity index (χ4n) is 0.928. The molecule has 0 unspecified atom stereocenters. The first-order valence-corrected chi connectivity index (χ1v) is 3.34. The third kappa shape index (κ3) is 1.21. The van der Waals surface area contributed by atoms with Crippen LogP contribution in [0, 0.1) is 0 Å². The second kappa shape index (κ2) is 2.88. The van der Waals surface area contributed by atoms with Crippen LogP contribution in [0.5, 0.6) is 0 Å². The lowest BCUT2D eigenvalue weighted by Gasteiger charge is -2.06. The van der Waals surface area contributed by atoms with Gasteiger partial charge in [-0.15, -0.1) is 0 Å². The lowest BCUT2D eigenvalue weighted by atomic mass is 10.4. The molecule has 1 heterocycles. The molecule has 0 aromatic heterocycles. The van der Waals surface area contributed by atoms with E-state index in [9.17, 15) is 4.79 Å². The summed E-state index contributed by atoms with van der Waals surface area (Å²) in [7, 11) is 0. The number of ether oxygens (including phenoxy) is 1. The topological polar surface area (TPSA) is 49.8 Å². The van der Waals surface area contributed by atoms with Crippen LogP contribution < -0.4 is 0 Å². The molecule has 0 saturated carbocycles. The lowest BCUT2D eigenvalue weighted by Crippen LogP contribution is -2.25. The SMILES string of the molecule is CCN1C[C@H](CO)OC1=O. The monoisotopic (exact) mass is 145 g/mol. The van der Waals surface area contributed by atoms with Gasteiger partial charge in [0.15, 0.2) is 0 Å². The van der Waals surface area contributed by atoms with E-state index in [2.05, 4.69) is 0 Å². The number of likely N-dealkylation sites (N-methyl/N-ethyl adjacent to an activating group) is 1. The molecule has 0 aromatic rings. The molecule has 0 bridgehead atoms. The Balaban J connectivity index is 2.44. The predicted molar refractivity (Wildman–Crippen MR) is 34.6 cm³/mol. The summed E-state index contributed by atoms with van der Waals surface area (Å²) in [5.41, 5.74) is 0. The third-order valence-corrected chi connectivity index (χ3v) is 1.54. The van der Waals surface area contributed by atoms with Gasteiger partial charge in [0.1, 0.15) is 6.10 Å². The van der Waals surface area contributed by atoms with Crippen LogP contribution in [0.15, 0.2) is 0 Å². The Labute approximate surface area is 59.4 Å². The van der Waals surface area contributed by atoms with Gasteiger partial charge in [-0.25, -0.2) is 4.79 Å². The normalized spacial score (nSPS) is 25.2. The summed E-state index contributed by atoms with van der Waals surface area (Å²) in [5.74, 6) is 0. The van der Waals surface area contributed by atoms with Gasteiger partial charge in [-0.1, -0.05) is 0 Å². The molecule has 1 rings (SSSR count). The smallest absolute Gasteiger partial charge is 0.410 e. The molecule has 1 aliphatic heterocycles. The standard InChI is InChI=1S/C6H11NO3/c1-2-7-3-5(4-8)10-6(7)9/h5,8H,2-4H2,1H3/t5-/m1/s1. The predicted octanol–water partition coefficient (Wildman–Crippen LogP) is -0.181. The van der Waals surface area contributed by atoms with Crippen LogP contribution in [0.2, 0.25) is 0 Å². The van der Waals surface area contributed by atoms with Gasteiger partial charge in [-0.2, -0.15) is 0 Å². The average molecular weight is 145 g/mol. The lowest BCUT2D eigenvalue weighted by molar-refractivity contribution is 0.0948. The number of amides is 1. The van der Waals surface area contributed by atoms with E-state index in [0.29, 0.717) is 13.1 Å². The maximum absolute atomic E-state index is 10.8. The number of cyclic esters (lactones) is 1. The summed E-state index contributed by atoms with van der Waals surface area (Å²) >= 11 is 0. The highest BCUT2D eigenvalue weighted by Gasteiger charge is 2.28. The first-order chi connectivity index (χ1) is 4.77. The number of hydrogen-bond acceptors (Lipinski definition) is 3. The molecular weight excluding hydrogens is 134 g/mol. The third-order valence-electron chi connectivity index (χ3n) is 1.54. The molecule has 0 spiro atoms. The Morgan fingerprint density at radius 1 is 1.90 bits per heavy atom. The second-order valence-electron chi connectivity index (χ2n) is 2.23. The quantitative estimate of drug-likeness (QED) is 0.586. The van der Waals surface area contributed by atoms with Gasteiger partial charge in [0.05, 0.1) is 13.2 Å². The number of aliphatic hydroxyl groups is 1. The van der Waals surface area contributed by atoms with Crippen molar-refractivity contribution in [2.24, 2.45) is 0 Å². The number of carbonyl (C=O) groups is 1. The highest BCUT2D eigenvalue weighted by molar-refractivity contribution is 5.69. The summed E-state index contributed by atoms with van der Waals surface area (Å²) in [6.45, 7) is 2.96. The highest BCUT2D eigenvalue weighted by atomic mass is 16.6. The number of nitrogens with zero attached hydrogens (tertiary/aromatic N) is 1. The molecule has 1 N–H and O–H groups in total. The van der Waals surface area contributed by atoms with Crippen LogP contribution in [-0.4, -0.2) is 41.9 Å². The van der Waals surface area contributed by atoms with Crippen LogP contribution >= 0.6 is 0 Å². The highest BCUT2D eigenvalue weighted by Crippen LogP contribution is 2.08. The number of aliphatic hydroxyl groups excluding tert-OH is 1. The Bertz CT molecular complexity index is 137. The summed E-state index contributed by atoms with van der Waals surface area (Å²) < 4.78 is 4.75. The number of rotatable bonds is 2. The number of hydrogen-bond donors (Lipinski definition) is 1. The van der Waals surface area contributed by atoms with Crippen LogP contribution in [0.1, 0.15) is 6.92 Å². The minimum Gasteiger partial charge on any atom is -0.442 e. The fraction of sp³-hybridized carbons (Fsp3) is 0.833. The molecule has 1 amide bonds. The van der Waals surface area contributed by atoms with E-state index in [4.69, 9.17) is 9.84 Å². The largest absolute Gasteiger partial charge is 0.442 e. The Morgan fingerprint density at radius 3 is 2.90 bits per heavy atom. The number of carbonyl (C=O) groups excluding carboxylic acids is 1. The van der Waals surface area contributed by atoms with Crippen molar-refractivity contribution < 1.29 is 14.6 Å². The van der Waals surface area contributed by atoms with E-state index >= 15 is 0 Å². The van der Waals surface area contributed by atoms with Crippen LogP contribution in [-0.2, 0) is 4.74 Å². The van der Waals surface area contributed by atoms with Crippen LogP contribution in [0.25, 0.3) is 0 Å². The van der Waals surface area contributed by atoms with Crippen LogP contribution in [0.3, 0.4) is 0 Å². The van der Waals surface area contributed by atoms with Crippen LogP contribution in [0.4, 0.5) is 4.79 Å². The zero-order valence-electron chi connectivity index (χ0n) is 5.91. The minimum atomic E-state index is -0.318. The van der Waals surface area contributed by atoms with Crippen molar-refractivity contribution >= 4 is 6.09 Å². The van der Waals surface area contributed by atoms with Crippen molar-refractivity contribution in [3.63, 3.8) is 0 Å². The maximum Gasteiger partial charge on any atom is 0.410 e. The van der Waals surface area contributed by atoms with Gasteiger partial charge >= 0.3 is 6.09 Å². The zero-order valence-corrected chi connectivity index (χ0v) is 5.91. The molecule has 0 aromatic carbocycles. The van der Waals surface area contributed by atoms with Crippen molar-refractivity contribution in [3.05, 3.63) is 0 Å². The van der Waals surface area contributed by atoms with Crippen molar-refractivity contribution in [2.45, 2.75) is 13.0 Å². The van der Waals surface area contributed by atoms with Crippen molar-refractivity contribution in [1.29, 1.82) is 0 Å². The molecule has 0 aliphatic carbocycles.